The Labute approximate surface area is 109 Å². The molecule has 0 saturated heterocycles. The first-order valence-electron chi connectivity index (χ1n) is 6.45. The molecule has 0 bridgehead atoms. The zero-order chi connectivity index (χ0) is 13.3. The number of nitrogens with one attached hydrogen (secondary N) is 1. The van der Waals surface area contributed by atoms with Gasteiger partial charge in [-0.2, -0.15) is 0 Å². The molecule has 2 rings (SSSR count). The van der Waals surface area contributed by atoms with Crippen molar-refractivity contribution >= 4 is 5.91 Å². The van der Waals surface area contributed by atoms with Gasteiger partial charge in [-0.25, -0.2) is 0 Å². The molecular formula is C15H21NO2. The van der Waals surface area contributed by atoms with Gasteiger partial charge in [0.25, 0.3) is 5.91 Å². The van der Waals surface area contributed by atoms with E-state index in [0.29, 0.717) is 11.7 Å². The van der Waals surface area contributed by atoms with Crippen LogP contribution in [0, 0.1) is 0 Å². The number of carbonyl (C=O) groups excluding carboxylic acids is 1. The van der Waals surface area contributed by atoms with Gasteiger partial charge in [-0.05, 0) is 36.5 Å². The van der Waals surface area contributed by atoms with Crippen LogP contribution >= 0.6 is 0 Å². The Morgan fingerprint density at radius 1 is 1.33 bits per heavy atom. The van der Waals surface area contributed by atoms with Crippen LogP contribution in [-0.4, -0.2) is 19.1 Å². The third-order valence-corrected chi connectivity index (χ3v) is 3.09. The Hall–Kier alpha value is -1.51. The van der Waals surface area contributed by atoms with Gasteiger partial charge in [-0.3, -0.25) is 4.79 Å². The number of benzene rings is 1. The van der Waals surface area contributed by atoms with Crippen LogP contribution in [0.15, 0.2) is 18.2 Å². The van der Waals surface area contributed by atoms with Gasteiger partial charge in [0.05, 0.1) is 6.10 Å². The van der Waals surface area contributed by atoms with Crippen LogP contribution in [-0.2, 0) is 5.41 Å². The minimum Gasteiger partial charge on any atom is -0.490 e. The number of carbonyl (C=O) groups is 1. The van der Waals surface area contributed by atoms with Crippen molar-refractivity contribution in [2.24, 2.45) is 0 Å². The van der Waals surface area contributed by atoms with E-state index < -0.39 is 0 Å². The van der Waals surface area contributed by atoms with E-state index in [-0.39, 0.29) is 11.3 Å². The van der Waals surface area contributed by atoms with Crippen LogP contribution in [0.5, 0.6) is 5.75 Å². The summed E-state index contributed by atoms with van der Waals surface area (Å²) >= 11 is 0. The van der Waals surface area contributed by atoms with Crippen LogP contribution in [0.4, 0.5) is 0 Å². The van der Waals surface area contributed by atoms with Crippen molar-refractivity contribution in [2.45, 2.75) is 45.1 Å². The molecule has 3 heteroatoms. The highest BCUT2D eigenvalue weighted by atomic mass is 16.5. The molecule has 98 valence electrons. The second-order valence-electron chi connectivity index (χ2n) is 5.86. The molecule has 18 heavy (non-hydrogen) atoms. The normalized spacial score (nSPS) is 15.3. The van der Waals surface area contributed by atoms with Crippen molar-refractivity contribution in [2.75, 3.05) is 7.05 Å². The molecule has 0 aliphatic heterocycles. The predicted octanol–water partition coefficient (Wildman–Crippen LogP) is 2.88. The molecule has 1 aliphatic carbocycles. The van der Waals surface area contributed by atoms with Crippen molar-refractivity contribution in [1.82, 2.24) is 5.32 Å². The number of ether oxygens (including phenoxy) is 1. The fourth-order valence-electron chi connectivity index (χ4n) is 1.87. The Balaban J connectivity index is 2.37. The first-order chi connectivity index (χ1) is 8.41. The SMILES string of the molecule is CNC(=O)c1ccc(OC2CC2)c(C(C)(C)C)c1. The molecule has 0 heterocycles. The van der Waals surface area contributed by atoms with Gasteiger partial charge in [-0.1, -0.05) is 20.8 Å². The van der Waals surface area contributed by atoms with Crippen LogP contribution in [0.2, 0.25) is 0 Å². The van der Waals surface area contributed by atoms with E-state index in [4.69, 9.17) is 4.74 Å². The van der Waals surface area contributed by atoms with Crippen LogP contribution in [0.1, 0.15) is 49.5 Å². The van der Waals surface area contributed by atoms with E-state index in [2.05, 4.69) is 26.1 Å². The average molecular weight is 247 g/mol. The highest BCUT2D eigenvalue weighted by Crippen LogP contribution is 2.36. The summed E-state index contributed by atoms with van der Waals surface area (Å²) in [5.74, 6) is 0.858. The highest BCUT2D eigenvalue weighted by Gasteiger charge is 2.27. The molecule has 0 aromatic heterocycles. The zero-order valence-corrected chi connectivity index (χ0v) is 11.5. The van der Waals surface area contributed by atoms with Gasteiger partial charge < -0.3 is 10.1 Å². The van der Waals surface area contributed by atoms with E-state index in [1.165, 1.54) is 0 Å². The predicted molar refractivity (Wildman–Crippen MR) is 72.2 cm³/mol. The maximum atomic E-state index is 11.7. The topological polar surface area (TPSA) is 38.3 Å². The molecule has 3 nitrogen and oxygen atoms in total. The van der Waals surface area contributed by atoms with Crippen molar-refractivity contribution in [3.63, 3.8) is 0 Å². The molecule has 1 N–H and O–H groups in total. The van der Waals surface area contributed by atoms with Gasteiger partial charge in [0, 0.05) is 18.2 Å². The number of hydrogen-bond donors (Lipinski definition) is 1. The molecule has 1 fully saturated rings. The summed E-state index contributed by atoms with van der Waals surface area (Å²) < 4.78 is 5.92. The summed E-state index contributed by atoms with van der Waals surface area (Å²) in [6.45, 7) is 6.40. The first-order valence-corrected chi connectivity index (χ1v) is 6.45. The molecule has 1 saturated carbocycles. The summed E-state index contributed by atoms with van der Waals surface area (Å²) in [5.41, 5.74) is 1.75. The van der Waals surface area contributed by atoms with E-state index in [1.54, 1.807) is 7.05 Å². The summed E-state index contributed by atoms with van der Waals surface area (Å²) in [6.07, 6.45) is 2.65. The number of rotatable bonds is 3. The van der Waals surface area contributed by atoms with Gasteiger partial charge in [-0.15, -0.1) is 0 Å². The molecule has 0 unspecified atom stereocenters. The van der Waals surface area contributed by atoms with E-state index in [9.17, 15) is 4.79 Å². The molecule has 0 spiro atoms. The van der Waals surface area contributed by atoms with Crippen molar-refractivity contribution < 1.29 is 9.53 Å². The lowest BCUT2D eigenvalue weighted by atomic mass is 9.85. The summed E-state index contributed by atoms with van der Waals surface area (Å²) in [4.78, 5) is 11.7. The number of hydrogen-bond acceptors (Lipinski definition) is 2. The zero-order valence-electron chi connectivity index (χ0n) is 11.5. The van der Waals surface area contributed by atoms with E-state index in [1.807, 2.05) is 18.2 Å². The van der Waals surface area contributed by atoms with E-state index >= 15 is 0 Å². The van der Waals surface area contributed by atoms with Crippen LogP contribution in [0.25, 0.3) is 0 Å². The summed E-state index contributed by atoms with van der Waals surface area (Å²) in [6, 6.07) is 5.69. The molecule has 1 amide bonds. The minimum absolute atomic E-state index is 0.0335. The van der Waals surface area contributed by atoms with Gasteiger partial charge in [0.15, 0.2) is 0 Å². The second kappa shape index (κ2) is 4.63. The maximum absolute atomic E-state index is 11.7. The van der Waals surface area contributed by atoms with E-state index in [0.717, 1.165) is 24.2 Å². The lowest BCUT2D eigenvalue weighted by molar-refractivity contribution is 0.0963. The van der Waals surface area contributed by atoms with Crippen LogP contribution < -0.4 is 10.1 Å². The van der Waals surface area contributed by atoms with Crippen LogP contribution in [0.3, 0.4) is 0 Å². The smallest absolute Gasteiger partial charge is 0.251 e. The molecule has 0 radical (unpaired) electrons. The third-order valence-electron chi connectivity index (χ3n) is 3.09. The molecule has 1 aliphatic rings. The Kier molecular flexibility index (Phi) is 3.33. The van der Waals surface area contributed by atoms with Crippen molar-refractivity contribution in [3.05, 3.63) is 29.3 Å². The quantitative estimate of drug-likeness (QED) is 0.892. The first kappa shape index (κ1) is 12.9. The van der Waals surface area contributed by atoms with Gasteiger partial charge in [0.1, 0.15) is 5.75 Å². The average Bonchev–Trinajstić information content (AvgIpc) is 3.11. The standard InChI is InChI=1S/C15H21NO2/c1-15(2,3)12-9-10(14(17)16-4)5-8-13(12)18-11-6-7-11/h5,8-9,11H,6-7H2,1-4H3,(H,16,17). The lowest BCUT2D eigenvalue weighted by Crippen LogP contribution is -2.20. The van der Waals surface area contributed by atoms with Crippen molar-refractivity contribution in [3.8, 4) is 5.75 Å². The molecular weight excluding hydrogens is 226 g/mol. The fraction of sp³-hybridized carbons (Fsp3) is 0.533. The Morgan fingerprint density at radius 3 is 2.50 bits per heavy atom. The number of amides is 1. The molecule has 1 aromatic carbocycles. The molecule has 1 aromatic rings. The lowest BCUT2D eigenvalue weighted by Gasteiger charge is -2.23. The Morgan fingerprint density at radius 2 is 2.00 bits per heavy atom. The monoisotopic (exact) mass is 247 g/mol. The van der Waals surface area contributed by atoms with Gasteiger partial charge >= 0.3 is 0 Å². The summed E-state index contributed by atoms with van der Waals surface area (Å²) in [5, 5.41) is 2.65. The largest absolute Gasteiger partial charge is 0.490 e. The third kappa shape index (κ3) is 2.84. The second-order valence-corrected chi connectivity index (χ2v) is 5.86. The summed E-state index contributed by atoms with van der Waals surface area (Å²) in [7, 11) is 1.65. The minimum atomic E-state index is -0.0570. The van der Waals surface area contributed by atoms with Gasteiger partial charge in [0.2, 0.25) is 0 Å². The van der Waals surface area contributed by atoms with Crippen molar-refractivity contribution in [1.29, 1.82) is 0 Å². The Bertz CT molecular complexity index is 456. The highest BCUT2D eigenvalue weighted by molar-refractivity contribution is 5.94. The molecule has 0 atom stereocenters. The fourth-order valence-corrected chi connectivity index (χ4v) is 1.87. The maximum Gasteiger partial charge on any atom is 0.251 e.